The minimum atomic E-state index is 0.0975. The fourth-order valence-corrected chi connectivity index (χ4v) is 4.39. The smallest absolute Gasteiger partial charge is 0.0721 e. The minimum absolute atomic E-state index is 0.0975. The number of nitrogens with two attached hydrogens (primary N) is 1. The van der Waals surface area contributed by atoms with Gasteiger partial charge in [-0.15, -0.1) is 0 Å². The summed E-state index contributed by atoms with van der Waals surface area (Å²) < 4.78 is 5.55. The molecule has 2 N–H and O–H groups in total. The summed E-state index contributed by atoms with van der Waals surface area (Å²) in [5, 5.41) is 0. The predicted molar refractivity (Wildman–Crippen MR) is 66.9 cm³/mol. The largest absolute Gasteiger partial charge is 0.375 e. The molecular weight excluding hydrogens is 210 g/mol. The van der Waals surface area contributed by atoms with Gasteiger partial charge < -0.3 is 10.5 Å². The summed E-state index contributed by atoms with van der Waals surface area (Å²) in [6, 6.07) is 4.69. The molecule has 1 heterocycles. The highest BCUT2D eigenvalue weighted by Gasteiger charge is 2.45. The van der Waals surface area contributed by atoms with E-state index in [9.17, 15) is 0 Å². The van der Waals surface area contributed by atoms with E-state index in [1.54, 1.807) is 11.1 Å². The van der Waals surface area contributed by atoms with Crippen molar-refractivity contribution in [2.75, 3.05) is 6.61 Å². The predicted octanol–water partition coefficient (Wildman–Crippen LogP) is 2.83. The van der Waals surface area contributed by atoms with Gasteiger partial charge in [-0.25, -0.2) is 0 Å². The highest BCUT2D eigenvalue weighted by Crippen LogP contribution is 2.59. The van der Waals surface area contributed by atoms with Gasteiger partial charge in [0.15, 0.2) is 0 Å². The lowest BCUT2D eigenvalue weighted by molar-refractivity contribution is 0.0918. The van der Waals surface area contributed by atoms with E-state index in [4.69, 9.17) is 10.5 Å². The van der Waals surface area contributed by atoms with Crippen molar-refractivity contribution in [2.24, 2.45) is 11.7 Å². The summed E-state index contributed by atoms with van der Waals surface area (Å²) in [5.74, 6) is 2.40. The zero-order valence-electron chi connectivity index (χ0n) is 10.3. The molecule has 4 atom stereocenters. The molecule has 3 aliphatic rings. The van der Waals surface area contributed by atoms with Crippen molar-refractivity contribution in [3.8, 4) is 0 Å². The van der Waals surface area contributed by atoms with Crippen LogP contribution in [0.15, 0.2) is 12.1 Å². The summed E-state index contributed by atoms with van der Waals surface area (Å²) in [6.45, 7) is 3.86. The van der Waals surface area contributed by atoms with Gasteiger partial charge in [0.25, 0.3) is 0 Å². The van der Waals surface area contributed by atoms with E-state index < -0.39 is 0 Å². The molecule has 1 fully saturated rings. The number of rotatable bonds is 0. The summed E-state index contributed by atoms with van der Waals surface area (Å²) in [7, 11) is 0. The molecule has 0 amide bonds. The van der Waals surface area contributed by atoms with E-state index in [-0.39, 0.29) is 6.04 Å². The Balaban J connectivity index is 1.96. The van der Waals surface area contributed by atoms with Crippen LogP contribution in [-0.2, 0) is 11.3 Å². The Morgan fingerprint density at radius 3 is 2.88 bits per heavy atom. The van der Waals surface area contributed by atoms with Crippen LogP contribution in [0.1, 0.15) is 59.9 Å². The van der Waals surface area contributed by atoms with E-state index >= 15 is 0 Å². The van der Waals surface area contributed by atoms with Crippen LogP contribution in [0.3, 0.4) is 0 Å². The third-order valence-electron chi connectivity index (χ3n) is 5.17. The molecule has 0 saturated heterocycles. The Bertz CT molecular complexity index is 482. The normalized spacial score (nSPS) is 38.0. The summed E-state index contributed by atoms with van der Waals surface area (Å²) >= 11 is 0. The van der Waals surface area contributed by atoms with Crippen LogP contribution in [0.25, 0.3) is 0 Å². The Morgan fingerprint density at radius 1 is 1.18 bits per heavy atom. The van der Waals surface area contributed by atoms with Gasteiger partial charge in [0, 0.05) is 0 Å². The van der Waals surface area contributed by atoms with E-state index in [0.29, 0.717) is 6.61 Å². The Kier molecular flexibility index (Phi) is 1.98. The molecule has 2 bridgehead atoms. The van der Waals surface area contributed by atoms with Crippen LogP contribution in [0, 0.1) is 5.92 Å². The molecule has 2 aliphatic carbocycles. The fourth-order valence-electron chi connectivity index (χ4n) is 4.39. The Hall–Kier alpha value is -0.860. The third-order valence-corrected chi connectivity index (χ3v) is 5.17. The molecule has 1 aromatic rings. The molecule has 0 spiro atoms. The van der Waals surface area contributed by atoms with Crippen molar-refractivity contribution in [2.45, 2.75) is 44.2 Å². The molecule has 1 aromatic carbocycles. The second kappa shape index (κ2) is 3.33. The van der Waals surface area contributed by atoms with Crippen molar-refractivity contribution in [3.05, 3.63) is 34.4 Å². The van der Waals surface area contributed by atoms with Crippen LogP contribution in [-0.4, -0.2) is 6.61 Å². The Morgan fingerprint density at radius 2 is 2.00 bits per heavy atom. The zero-order valence-corrected chi connectivity index (χ0v) is 10.3. The molecular formula is C15H19NO. The van der Waals surface area contributed by atoms with Gasteiger partial charge in [-0.1, -0.05) is 19.1 Å². The zero-order chi connectivity index (χ0) is 11.6. The van der Waals surface area contributed by atoms with Gasteiger partial charge in [-0.3, -0.25) is 0 Å². The van der Waals surface area contributed by atoms with Crippen molar-refractivity contribution in [1.29, 1.82) is 0 Å². The quantitative estimate of drug-likeness (QED) is 0.742. The van der Waals surface area contributed by atoms with Crippen molar-refractivity contribution in [1.82, 2.24) is 0 Å². The number of ether oxygens (including phenoxy) is 1. The minimum Gasteiger partial charge on any atom is -0.375 e. The maximum Gasteiger partial charge on any atom is 0.0721 e. The Labute approximate surface area is 102 Å². The number of fused-ring (bicyclic) bond motifs is 7. The second-order valence-corrected chi connectivity index (χ2v) is 5.91. The lowest BCUT2D eigenvalue weighted by atomic mass is 9.83. The van der Waals surface area contributed by atoms with Gasteiger partial charge in [-0.05, 0) is 52.8 Å². The monoisotopic (exact) mass is 229 g/mol. The maximum atomic E-state index is 6.27. The number of hydrogen-bond acceptors (Lipinski definition) is 2. The van der Waals surface area contributed by atoms with Gasteiger partial charge >= 0.3 is 0 Å². The first-order valence-corrected chi connectivity index (χ1v) is 6.76. The van der Waals surface area contributed by atoms with E-state index in [2.05, 4.69) is 19.1 Å². The standard InChI is InChI=1S/C15H19NO/c1-8-10-4-5-11(8)15-12(10)3-2-9-6-17-7-13(16)14(9)15/h2-3,8,10-11,13H,4-7,16H2,1H3/t8-,10+,11-,13-/m0/s1. The summed E-state index contributed by atoms with van der Waals surface area (Å²) in [5.41, 5.74) is 12.3. The summed E-state index contributed by atoms with van der Waals surface area (Å²) in [6.07, 6.45) is 2.74. The van der Waals surface area contributed by atoms with Crippen LogP contribution in [0.5, 0.6) is 0 Å². The molecule has 4 rings (SSSR count). The molecule has 0 aromatic heterocycles. The lowest BCUT2D eigenvalue weighted by Gasteiger charge is -2.29. The lowest BCUT2D eigenvalue weighted by Crippen LogP contribution is -2.26. The fraction of sp³-hybridized carbons (Fsp3) is 0.600. The van der Waals surface area contributed by atoms with Crippen molar-refractivity contribution in [3.63, 3.8) is 0 Å². The summed E-state index contributed by atoms with van der Waals surface area (Å²) in [4.78, 5) is 0. The van der Waals surface area contributed by atoms with Gasteiger partial charge in [-0.2, -0.15) is 0 Å². The SMILES string of the molecule is C[C@@H]1[C@@H]2CC[C@H]1c1ccc3c(c12)[C@@H](N)COC3. The maximum absolute atomic E-state index is 6.27. The van der Waals surface area contributed by atoms with Crippen LogP contribution < -0.4 is 5.73 Å². The molecule has 1 saturated carbocycles. The third kappa shape index (κ3) is 1.18. The number of benzene rings is 1. The highest BCUT2D eigenvalue weighted by atomic mass is 16.5. The number of hydrogen-bond donors (Lipinski definition) is 1. The highest BCUT2D eigenvalue weighted by molar-refractivity contribution is 5.52. The average Bonchev–Trinajstić information content (AvgIpc) is 2.83. The second-order valence-electron chi connectivity index (χ2n) is 5.91. The van der Waals surface area contributed by atoms with E-state index in [0.717, 1.165) is 24.4 Å². The first-order valence-electron chi connectivity index (χ1n) is 6.76. The molecule has 17 heavy (non-hydrogen) atoms. The molecule has 0 unspecified atom stereocenters. The van der Waals surface area contributed by atoms with Crippen molar-refractivity contribution >= 4 is 0 Å². The van der Waals surface area contributed by atoms with Crippen LogP contribution in [0.4, 0.5) is 0 Å². The van der Waals surface area contributed by atoms with Crippen LogP contribution >= 0.6 is 0 Å². The first kappa shape index (κ1) is 10.1. The van der Waals surface area contributed by atoms with E-state index in [1.165, 1.54) is 24.0 Å². The average molecular weight is 229 g/mol. The van der Waals surface area contributed by atoms with Crippen LogP contribution in [0.2, 0.25) is 0 Å². The molecule has 2 heteroatoms. The van der Waals surface area contributed by atoms with Gasteiger partial charge in [0.2, 0.25) is 0 Å². The van der Waals surface area contributed by atoms with Gasteiger partial charge in [0.05, 0.1) is 19.3 Å². The van der Waals surface area contributed by atoms with E-state index in [1.807, 2.05) is 0 Å². The first-order chi connectivity index (χ1) is 8.27. The van der Waals surface area contributed by atoms with Crippen molar-refractivity contribution < 1.29 is 4.74 Å². The molecule has 1 aliphatic heterocycles. The topological polar surface area (TPSA) is 35.2 Å². The molecule has 0 radical (unpaired) electrons. The molecule has 90 valence electrons. The molecule has 2 nitrogen and oxygen atoms in total. The van der Waals surface area contributed by atoms with Gasteiger partial charge in [0.1, 0.15) is 0 Å².